The fraction of sp³-hybridized carbons (Fsp3) is 0.853. The van der Waals surface area contributed by atoms with Crippen LogP contribution in [0.3, 0.4) is 0 Å². The Labute approximate surface area is 237 Å². The number of hydrogen-bond donors (Lipinski definition) is 3. The van der Waals surface area contributed by atoms with Crippen molar-refractivity contribution in [3.8, 4) is 0 Å². The minimum atomic E-state index is -0.660. The molecule has 0 aromatic heterocycles. The van der Waals surface area contributed by atoms with Crippen molar-refractivity contribution < 1.29 is 15.0 Å². The van der Waals surface area contributed by atoms with E-state index >= 15 is 0 Å². The molecule has 4 heteroatoms. The number of aliphatic hydroxyl groups excluding tert-OH is 2. The van der Waals surface area contributed by atoms with Crippen molar-refractivity contribution in [3.63, 3.8) is 0 Å². The van der Waals surface area contributed by atoms with Crippen LogP contribution in [0.5, 0.6) is 0 Å². The van der Waals surface area contributed by atoms with E-state index in [1.807, 2.05) is 0 Å². The molecule has 0 aliphatic heterocycles. The Morgan fingerprint density at radius 2 is 1.11 bits per heavy atom. The maximum absolute atomic E-state index is 12.3. The van der Waals surface area contributed by atoms with E-state index in [0.717, 1.165) is 44.9 Å². The van der Waals surface area contributed by atoms with E-state index in [-0.39, 0.29) is 12.5 Å². The molecule has 3 N–H and O–H groups in total. The van der Waals surface area contributed by atoms with Gasteiger partial charge in [-0.25, -0.2) is 0 Å². The van der Waals surface area contributed by atoms with Crippen molar-refractivity contribution in [1.29, 1.82) is 0 Å². The minimum absolute atomic E-state index is 0.0484. The number of allylic oxidation sites excluding steroid dienone is 4. The number of carbonyl (C=O) groups excluding carboxylic acids is 1. The summed E-state index contributed by atoms with van der Waals surface area (Å²) < 4.78 is 0. The van der Waals surface area contributed by atoms with E-state index in [4.69, 9.17) is 0 Å². The fourth-order valence-electron chi connectivity index (χ4n) is 4.84. The smallest absolute Gasteiger partial charge is 0.220 e. The predicted molar refractivity (Wildman–Crippen MR) is 165 cm³/mol. The summed E-state index contributed by atoms with van der Waals surface area (Å²) in [6.45, 7) is 4.29. The molecule has 38 heavy (non-hydrogen) atoms. The third-order valence-corrected chi connectivity index (χ3v) is 7.47. The first-order chi connectivity index (χ1) is 18.7. The molecule has 0 heterocycles. The quantitative estimate of drug-likeness (QED) is 0.0660. The van der Waals surface area contributed by atoms with Gasteiger partial charge in [-0.05, 0) is 38.5 Å². The Morgan fingerprint density at radius 1 is 0.632 bits per heavy atom. The summed E-state index contributed by atoms with van der Waals surface area (Å²) in [4.78, 5) is 12.3. The first-order valence-corrected chi connectivity index (χ1v) is 16.5. The zero-order valence-corrected chi connectivity index (χ0v) is 25.4. The number of rotatable bonds is 29. The van der Waals surface area contributed by atoms with Crippen LogP contribution < -0.4 is 5.32 Å². The van der Waals surface area contributed by atoms with Crippen molar-refractivity contribution in [2.75, 3.05) is 6.61 Å². The molecule has 4 nitrogen and oxygen atoms in total. The summed E-state index contributed by atoms with van der Waals surface area (Å²) in [5.41, 5.74) is 0. The molecule has 0 bridgehead atoms. The molecule has 0 fully saturated rings. The second kappa shape index (κ2) is 30.4. The van der Waals surface area contributed by atoms with Crippen LogP contribution in [-0.4, -0.2) is 34.9 Å². The largest absolute Gasteiger partial charge is 0.394 e. The highest BCUT2D eigenvalue weighted by atomic mass is 16.3. The number of aliphatic hydroxyl groups is 2. The molecule has 0 aliphatic carbocycles. The van der Waals surface area contributed by atoms with E-state index in [1.54, 1.807) is 0 Å². The number of carbonyl (C=O) groups is 1. The Hall–Kier alpha value is -1.13. The summed E-state index contributed by atoms with van der Waals surface area (Å²) in [5.74, 6) is -0.0484. The van der Waals surface area contributed by atoms with Gasteiger partial charge in [-0.15, -0.1) is 0 Å². The van der Waals surface area contributed by atoms with Crippen molar-refractivity contribution in [3.05, 3.63) is 24.3 Å². The second-order valence-corrected chi connectivity index (χ2v) is 11.2. The Balaban J connectivity index is 3.63. The van der Waals surface area contributed by atoms with E-state index in [0.29, 0.717) is 12.8 Å². The number of nitrogens with one attached hydrogen (secondary N) is 1. The van der Waals surface area contributed by atoms with Gasteiger partial charge in [0.1, 0.15) is 0 Å². The molecular formula is C34H65NO3. The standard InChI is InChI=1S/C34H65NO3/c1-3-5-7-9-11-13-15-17-18-20-22-24-26-28-30-34(38)35-32(31-36)33(37)29-27-25-23-21-19-16-14-12-10-8-6-4-2/h9,11,15,17,32-33,36-37H,3-8,10,12-14,16,18-31H2,1-2H3,(H,35,38)/b11-9-,17-15-. The van der Waals surface area contributed by atoms with E-state index in [2.05, 4.69) is 43.5 Å². The molecule has 0 aromatic rings. The molecule has 0 saturated heterocycles. The topological polar surface area (TPSA) is 69.6 Å². The highest BCUT2D eigenvalue weighted by Gasteiger charge is 2.19. The predicted octanol–water partition coefficient (Wildman–Crippen LogP) is 9.34. The first kappa shape index (κ1) is 36.9. The molecule has 0 aromatic carbocycles. The fourth-order valence-corrected chi connectivity index (χ4v) is 4.84. The molecule has 0 saturated carbocycles. The maximum Gasteiger partial charge on any atom is 0.220 e. The average Bonchev–Trinajstić information content (AvgIpc) is 2.92. The van der Waals surface area contributed by atoms with Gasteiger partial charge in [-0.3, -0.25) is 4.79 Å². The van der Waals surface area contributed by atoms with Crippen LogP contribution >= 0.6 is 0 Å². The molecule has 2 atom stereocenters. The molecule has 224 valence electrons. The van der Waals surface area contributed by atoms with Crippen LogP contribution in [0.4, 0.5) is 0 Å². The lowest BCUT2D eigenvalue weighted by Gasteiger charge is -2.22. The highest BCUT2D eigenvalue weighted by Crippen LogP contribution is 2.14. The molecule has 0 spiro atoms. The van der Waals surface area contributed by atoms with Gasteiger partial charge in [-0.2, -0.15) is 0 Å². The Bertz CT molecular complexity index is 546. The lowest BCUT2D eigenvalue weighted by molar-refractivity contribution is -0.123. The third-order valence-electron chi connectivity index (χ3n) is 7.47. The maximum atomic E-state index is 12.3. The Kier molecular flexibility index (Phi) is 29.5. The van der Waals surface area contributed by atoms with Gasteiger partial charge in [0.2, 0.25) is 5.91 Å². The highest BCUT2D eigenvalue weighted by molar-refractivity contribution is 5.76. The van der Waals surface area contributed by atoms with Crippen LogP contribution in [0.15, 0.2) is 24.3 Å². The number of unbranched alkanes of at least 4 members (excludes halogenated alkanes) is 18. The summed E-state index contributed by atoms with van der Waals surface area (Å²) in [6, 6.07) is -0.538. The third kappa shape index (κ3) is 26.5. The van der Waals surface area contributed by atoms with Gasteiger partial charge in [0.15, 0.2) is 0 Å². The monoisotopic (exact) mass is 535 g/mol. The lowest BCUT2D eigenvalue weighted by Crippen LogP contribution is -2.45. The normalized spacial score (nSPS) is 13.5. The van der Waals surface area contributed by atoms with Crippen LogP contribution in [0.1, 0.15) is 168 Å². The van der Waals surface area contributed by atoms with Gasteiger partial charge in [0.25, 0.3) is 0 Å². The minimum Gasteiger partial charge on any atom is -0.394 e. The van der Waals surface area contributed by atoms with E-state index < -0.39 is 12.1 Å². The van der Waals surface area contributed by atoms with Gasteiger partial charge >= 0.3 is 0 Å². The molecular weight excluding hydrogens is 470 g/mol. The lowest BCUT2D eigenvalue weighted by atomic mass is 10.0. The summed E-state index contributed by atoms with van der Waals surface area (Å²) >= 11 is 0. The number of amides is 1. The molecule has 0 radical (unpaired) electrons. The van der Waals surface area contributed by atoms with E-state index in [9.17, 15) is 15.0 Å². The van der Waals surface area contributed by atoms with Gasteiger partial charge in [0.05, 0.1) is 18.8 Å². The van der Waals surface area contributed by atoms with Crippen molar-refractivity contribution in [2.24, 2.45) is 0 Å². The van der Waals surface area contributed by atoms with Crippen LogP contribution in [0.25, 0.3) is 0 Å². The second-order valence-electron chi connectivity index (χ2n) is 11.2. The SMILES string of the molecule is CCCC/C=C\C/C=C\CCCCCCCC(=O)NC(CO)C(O)CCCCCCCCCCCCCC. The molecule has 0 aliphatic rings. The van der Waals surface area contributed by atoms with Gasteiger partial charge in [-0.1, -0.05) is 147 Å². The summed E-state index contributed by atoms with van der Waals surface area (Å²) in [7, 11) is 0. The average molecular weight is 536 g/mol. The Morgan fingerprint density at radius 3 is 1.66 bits per heavy atom. The zero-order chi connectivity index (χ0) is 27.9. The molecule has 0 rings (SSSR count). The van der Waals surface area contributed by atoms with Gasteiger partial charge in [0, 0.05) is 6.42 Å². The molecule has 2 unspecified atom stereocenters. The number of hydrogen-bond acceptors (Lipinski definition) is 3. The van der Waals surface area contributed by atoms with Crippen LogP contribution in [0.2, 0.25) is 0 Å². The van der Waals surface area contributed by atoms with Crippen molar-refractivity contribution >= 4 is 5.91 Å². The summed E-state index contributed by atoms with van der Waals surface area (Å²) in [6.07, 6.45) is 36.4. The first-order valence-electron chi connectivity index (χ1n) is 16.5. The van der Waals surface area contributed by atoms with E-state index in [1.165, 1.54) is 96.3 Å². The van der Waals surface area contributed by atoms with Crippen molar-refractivity contribution in [2.45, 2.75) is 180 Å². The van der Waals surface area contributed by atoms with Gasteiger partial charge < -0.3 is 15.5 Å². The zero-order valence-electron chi connectivity index (χ0n) is 25.4. The summed E-state index contributed by atoms with van der Waals surface area (Å²) in [5, 5.41) is 22.9. The molecule has 1 amide bonds. The van der Waals surface area contributed by atoms with Crippen LogP contribution in [-0.2, 0) is 4.79 Å². The van der Waals surface area contributed by atoms with Crippen molar-refractivity contribution in [1.82, 2.24) is 5.32 Å². The van der Waals surface area contributed by atoms with Crippen LogP contribution in [0, 0.1) is 0 Å².